The number of rotatable bonds is 5. The van der Waals surface area contributed by atoms with Crippen LogP contribution in [0.5, 0.6) is 0 Å². The van der Waals surface area contributed by atoms with Gasteiger partial charge in [-0.05, 0) is 33.1 Å². The first kappa shape index (κ1) is 28.1. The fourth-order valence-corrected chi connectivity index (χ4v) is 2.92. The summed E-state index contributed by atoms with van der Waals surface area (Å²) < 4.78 is 0. The molecule has 0 aromatic carbocycles. The number of carbonyl (C=O) groups is 1. The molecule has 1 amide bonds. The van der Waals surface area contributed by atoms with Gasteiger partial charge in [-0.3, -0.25) is 4.79 Å². The van der Waals surface area contributed by atoms with Crippen LogP contribution in [0.2, 0.25) is 0 Å². The van der Waals surface area contributed by atoms with Crippen molar-refractivity contribution < 1.29 is 15.0 Å². The summed E-state index contributed by atoms with van der Waals surface area (Å²) in [5, 5.41) is 23.2. The minimum Gasteiger partial charge on any atom is -0.386 e. The van der Waals surface area contributed by atoms with Gasteiger partial charge in [0.05, 0.1) is 0 Å². The Hall–Kier alpha value is -2.95. The first-order valence-electron chi connectivity index (χ1n) is 11.6. The van der Waals surface area contributed by atoms with Gasteiger partial charge in [-0.15, -0.1) is 0 Å². The zero-order valence-electron chi connectivity index (χ0n) is 20.1. The number of unbranched alkanes of at least 4 members (excludes halogenated alkanes) is 1. The molecule has 1 aliphatic heterocycles. The molecule has 0 saturated carbocycles. The van der Waals surface area contributed by atoms with Crippen molar-refractivity contribution in [1.82, 2.24) is 5.32 Å². The highest BCUT2D eigenvalue weighted by Crippen LogP contribution is 2.06. The van der Waals surface area contributed by atoms with Gasteiger partial charge in [-0.25, -0.2) is 0 Å². The lowest BCUT2D eigenvalue weighted by Crippen LogP contribution is -2.32. The van der Waals surface area contributed by atoms with E-state index in [-0.39, 0.29) is 11.9 Å². The lowest BCUT2D eigenvalue weighted by atomic mass is 10.1. The average molecular weight is 450 g/mol. The van der Waals surface area contributed by atoms with E-state index in [2.05, 4.69) is 36.5 Å². The first-order valence-corrected chi connectivity index (χ1v) is 11.6. The van der Waals surface area contributed by atoms with E-state index in [4.69, 9.17) is 0 Å². The molecule has 1 aliphatic rings. The largest absolute Gasteiger partial charge is 0.386 e. The molecule has 1 heterocycles. The fourth-order valence-electron chi connectivity index (χ4n) is 2.92. The molecule has 3 atom stereocenters. The van der Waals surface area contributed by atoms with Crippen molar-refractivity contribution in [1.29, 1.82) is 0 Å². The third-order valence-electron chi connectivity index (χ3n) is 4.80. The molecule has 0 saturated heterocycles. The second-order valence-electron chi connectivity index (χ2n) is 8.01. The summed E-state index contributed by atoms with van der Waals surface area (Å²) in [6.07, 6.45) is 31.3. The summed E-state index contributed by atoms with van der Waals surface area (Å²) in [5.74, 6) is -0.153. The maximum absolute atomic E-state index is 12.4. The van der Waals surface area contributed by atoms with Crippen LogP contribution < -0.4 is 5.32 Å². The Labute approximate surface area is 199 Å². The molecule has 0 bridgehead atoms. The first-order chi connectivity index (χ1) is 15.9. The highest BCUT2D eigenvalue weighted by molar-refractivity contribution is 5.88. The Morgan fingerprint density at radius 1 is 0.939 bits per heavy atom. The normalized spacial score (nSPS) is 31.7. The van der Waals surface area contributed by atoms with Crippen molar-refractivity contribution in [2.75, 3.05) is 0 Å². The Morgan fingerprint density at radius 3 is 2.42 bits per heavy atom. The lowest BCUT2D eigenvalue weighted by Gasteiger charge is -2.14. The van der Waals surface area contributed by atoms with Gasteiger partial charge in [0, 0.05) is 12.1 Å². The van der Waals surface area contributed by atoms with Crippen LogP contribution >= 0.6 is 0 Å². The van der Waals surface area contributed by atoms with E-state index >= 15 is 0 Å². The van der Waals surface area contributed by atoms with Crippen LogP contribution in [0, 0.1) is 0 Å². The zero-order valence-corrected chi connectivity index (χ0v) is 20.1. The van der Waals surface area contributed by atoms with Gasteiger partial charge < -0.3 is 15.5 Å². The maximum atomic E-state index is 12.4. The Bertz CT molecular complexity index is 850. The van der Waals surface area contributed by atoms with Crippen molar-refractivity contribution >= 4 is 5.91 Å². The highest BCUT2D eigenvalue weighted by atomic mass is 16.3. The quantitative estimate of drug-likeness (QED) is 0.480. The molecule has 3 N–H and O–H groups in total. The van der Waals surface area contributed by atoms with Gasteiger partial charge in [0.25, 0.3) is 0 Å². The minimum atomic E-state index is -1.01. The summed E-state index contributed by atoms with van der Waals surface area (Å²) >= 11 is 0. The van der Waals surface area contributed by atoms with E-state index < -0.39 is 12.2 Å². The van der Waals surface area contributed by atoms with E-state index in [0.29, 0.717) is 0 Å². The summed E-state index contributed by atoms with van der Waals surface area (Å²) in [6, 6.07) is -0.00533. The van der Waals surface area contributed by atoms with E-state index in [0.717, 1.165) is 36.8 Å². The van der Waals surface area contributed by atoms with Gasteiger partial charge in [-0.1, -0.05) is 116 Å². The molecule has 178 valence electrons. The summed E-state index contributed by atoms with van der Waals surface area (Å²) in [6.45, 7) is 5.96. The fraction of sp³-hybridized carbons (Fsp3) is 0.345. The number of nitrogens with one attached hydrogen (secondary N) is 1. The predicted octanol–water partition coefficient (Wildman–Crippen LogP) is 5.57. The molecule has 0 aromatic heterocycles. The van der Waals surface area contributed by atoms with E-state index in [9.17, 15) is 15.0 Å². The van der Waals surface area contributed by atoms with Gasteiger partial charge in [-0.2, -0.15) is 0 Å². The third-order valence-corrected chi connectivity index (χ3v) is 4.80. The molecular weight excluding hydrogens is 410 g/mol. The number of amides is 1. The SMILES string of the molecule is CCC/C=C/C=C/C[C@@H]1C/C=C/C=C(C)\C=C\C=C/[C@@H](O)[C@@H](O)/C=C(C)/C=C/C=C/C(=O)N1. The predicted molar refractivity (Wildman–Crippen MR) is 140 cm³/mol. The maximum Gasteiger partial charge on any atom is 0.244 e. The van der Waals surface area contributed by atoms with Crippen LogP contribution in [0.15, 0.2) is 108 Å². The minimum absolute atomic E-state index is 0.00533. The summed E-state index contributed by atoms with van der Waals surface area (Å²) in [7, 11) is 0. The summed E-state index contributed by atoms with van der Waals surface area (Å²) in [5.41, 5.74) is 1.83. The molecule has 0 unspecified atom stereocenters. The van der Waals surface area contributed by atoms with Crippen LogP contribution in [0.3, 0.4) is 0 Å². The second-order valence-corrected chi connectivity index (χ2v) is 8.01. The van der Waals surface area contributed by atoms with Crippen LogP contribution in [0.4, 0.5) is 0 Å². The third kappa shape index (κ3) is 14.7. The van der Waals surface area contributed by atoms with E-state index in [1.807, 2.05) is 44.2 Å². The van der Waals surface area contributed by atoms with Crippen molar-refractivity contribution in [2.24, 2.45) is 0 Å². The van der Waals surface area contributed by atoms with Crippen LogP contribution in [0.1, 0.15) is 46.5 Å². The van der Waals surface area contributed by atoms with Gasteiger partial charge in [0.15, 0.2) is 0 Å². The number of carbonyl (C=O) groups excluding carboxylic acids is 1. The molecule has 1 rings (SSSR count). The van der Waals surface area contributed by atoms with Crippen molar-refractivity contribution in [3.8, 4) is 0 Å². The summed E-state index contributed by atoms with van der Waals surface area (Å²) in [4.78, 5) is 12.4. The number of hydrogen-bond acceptors (Lipinski definition) is 3. The van der Waals surface area contributed by atoms with Crippen molar-refractivity contribution in [2.45, 2.75) is 64.7 Å². The molecule has 0 spiro atoms. The van der Waals surface area contributed by atoms with Crippen LogP contribution in [-0.4, -0.2) is 34.4 Å². The van der Waals surface area contributed by atoms with Gasteiger partial charge >= 0.3 is 0 Å². The highest BCUT2D eigenvalue weighted by Gasteiger charge is 2.09. The standard InChI is InChI=1S/C29H39NO3/c1-4-5-6-7-8-9-19-26-20-13-10-16-24(2)17-11-14-21-27(31)28(32)23-25(3)18-12-15-22-29(33)30-26/h6-18,21-23,26-28,31-32H,4-5,19-20H2,1-3H3,(H,30,33)/b7-6+,9-8+,13-10+,17-11+,18-12+,21-14-,22-15+,24-16-,25-23+/t26-,27-,28+/m1/s1. The Morgan fingerprint density at radius 2 is 1.64 bits per heavy atom. The molecule has 4 nitrogen and oxygen atoms in total. The molecule has 33 heavy (non-hydrogen) atoms. The van der Waals surface area contributed by atoms with Crippen LogP contribution in [0.25, 0.3) is 0 Å². The number of hydrogen-bond donors (Lipinski definition) is 3. The lowest BCUT2D eigenvalue weighted by molar-refractivity contribution is -0.117. The topological polar surface area (TPSA) is 69.6 Å². The average Bonchev–Trinajstić information content (AvgIpc) is 2.78. The molecule has 0 fully saturated rings. The second kappa shape index (κ2) is 17.6. The monoisotopic (exact) mass is 449 g/mol. The van der Waals surface area contributed by atoms with Gasteiger partial charge in [0.1, 0.15) is 12.2 Å². The van der Waals surface area contributed by atoms with E-state index in [1.54, 1.807) is 36.5 Å². The molecule has 0 aromatic rings. The molecule has 0 radical (unpaired) electrons. The smallest absolute Gasteiger partial charge is 0.244 e. The zero-order chi connectivity index (χ0) is 24.3. The Kier molecular flexibility index (Phi) is 15.0. The van der Waals surface area contributed by atoms with Crippen molar-refractivity contribution in [3.63, 3.8) is 0 Å². The van der Waals surface area contributed by atoms with Crippen LogP contribution in [-0.2, 0) is 4.79 Å². The molecule has 4 heteroatoms. The molecular formula is C29H39NO3. The van der Waals surface area contributed by atoms with Crippen molar-refractivity contribution in [3.05, 3.63) is 108 Å². The Balaban J connectivity index is 2.99. The number of aliphatic hydroxyl groups excluding tert-OH is 2. The molecule has 0 aliphatic carbocycles. The number of aliphatic hydroxyl groups is 2. The van der Waals surface area contributed by atoms with E-state index in [1.165, 1.54) is 6.08 Å². The number of allylic oxidation sites excluding steroid dienone is 13. The van der Waals surface area contributed by atoms with Gasteiger partial charge in [0.2, 0.25) is 5.91 Å².